The topological polar surface area (TPSA) is 50.1 Å². The maximum absolute atomic E-state index is 13.9. The fourth-order valence-corrected chi connectivity index (χ4v) is 1.77. The molecular formula is C14H24FNO2. The van der Waals surface area contributed by atoms with Crippen molar-refractivity contribution < 1.29 is 13.9 Å². The van der Waals surface area contributed by atoms with Gasteiger partial charge in [0.15, 0.2) is 0 Å². The number of ether oxygens (including phenoxy) is 1. The molecular weight excluding hydrogens is 233 g/mol. The molecule has 0 unspecified atom stereocenters. The number of carbonyl (C=O) groups is 1. The summed E-state index contributed by atoms with van der Waals surface area (Å²) in [7, 11) is 0. The minimum atomic E-state index is -2.46. The summed E-state index contributed by atoms with van der Waals surface area (Å²) in [5.41, 5.74) is -2.46. The van der Waals surface area contributed by atoms with Gasteiger partial charge in [-0.3, -0.25) is 0 Å². The number of alkyl halides is 1. The Morgan fingerprint density at radius 2 is 1.72 bits per heavy atom. The Labute approximate surface area is 109 Å². The zero-order chi connectivity index (χ0) is 13.9. The van der Waals surface area contributed by atoms with E-state index >= 15 is 0 Å². The average molecular weight is 257 g/mol. The molecule has 1 atom stereocenters. The van der Waals surface area contributed by atoms with Gasteiger partial charge in [0, 0.05) is 6.42 Å². The molecule has 0 spiro atoms. The number of carbonyl (C=O) groups excluding carboxylic acids is 1. The molecule has 18 heavy (non-hydrogen) atoms. The molecule has 0 aliphatic rings. The second-order valence-electron chi connectivity index (χ2n) is 4.50. The third-order valence-corrected chi connectivity index (χ3v) is 2.90. The van der Waals surface area contributed by atoms with Crippen LogP contribution in [-0.4, -0.2) is 18.2 Å². The third-order valence-electron chi connectivity index (χ3n) is 2.90. The van der Waals surface area contributed by atoms with Crippen molar-refractivity contribution in [2.45, 2.75) is 70.9 Å². The highest BCUT2D eigenvalue weighted by Gasteiger charge is 2.39. The molecule has 0 aromatic carbocycles. The predicted octanol–water partition coefficient (Wildman–Crippen LogP) is 3.92. The van der Waals surface area contributed by atoms with Crippen LogP contribution < -0.4 is 0 Å². The number of hydrogen-bond donors (Lipinski definition) is 0. The maximum atomic E-state index is 13.9. The molecule has 0 heterocycles. The molecule has 0 aliphatic carbocycles. The Bertz CT molecular complexity index is 275. The van der Waals surface area contributed by atoms with Gasteiger partial charge in [-0.2, -0.15) is 5.26 Å². The largest absolute Gasteiger partial charge is 0.463 e. The lowest BCUT2D eigenvalue weighted by Gasteiger charge is -2.15. The molecule has 0 bridgehead atoms. The first kappa shape index (κ1) is 16.9. The first-order chi connectivity index (χ1) is 8.60. The van der Waals surface area contributed by atoms with E-state index in [-0.39, 0.29) is 13.0 Å². The van der Waals surface area contributed by atoms with Crippen LogP contribution in [-0.2, 0) is 9.53 Å². The predicted molar refractivity (Wildman–Crippen MR) is 68.7 cm³/mol. The van der Waals surface area contributed by atoms with E-state index in [1.807, 2.05) is 0 Å². The first-order valence-electron chi connectivity index (χ1n) is 6.88. The van der Waals surface area contributed by atoms with Crippen LogP contribution in [0.3, 0.4) is 0 Å². The normalized spacial score (nSPS) is 13.7. The summed E-state index contributed by atoms with van der Waals surface area (Å²) in [5, 5.41) is 8.73. The highest BCUT2D eigenvalue weighted by molar-refractivity contribution is 5.82. The van der Waals surface area contributed by atoms with E-state index in [0.29, 0.717) is 6.42 Å². The molecule has 0 saturated carbocycles. The summed E-state index contributed by atoms with van der Waals surface area (Å²) in [4.78, 5) is 11.3. The van der Waals surface area contributed by atoms with Crippen molar-refractivity contribution >= 4 is 5.97 Å². The van der Waals surface area contributed by atoms with Crippen LogP contribution >= 0.6 is 0 Å². The SMILES string of the molecule is CCCCCCCCC[C@@](F)(C#N)C(=O)OCC. The van der Waals surface area contributed by atoms with Gasteiger partial charge < -0.3 is 4.74 Å². The van der Waals surface area contributed by atoms with Crippen LogP contribution in [0.1, 0.15) is 65.2 Å². The highest BCUT2D eigenvalue weighted by atomic mass is 19.1. The Hall–Kier alpha value is -1.11. The van der Waals surface area contributed by atoms with E-state index in [9.17, 15) is 9.18 Å². The Morgan fingerprint density at radius 1 is 1.17 bits per heavy atom. The van der Waals surface area contributed by atoms with E-state index in [1.165, 1.54) is 25.3 Å². The molecule has 0 aliphatic heterocycles. The highest BCUT2D eigenvalue weighted by Crippen LogP contribution is 2.21. The summed E-state index contributed by atoms with van der Waals surface area (Å²) >= 11 is 0. The Balaban J connectivity index is 3.80. The van der Waals surface area contributed by atoms with Crippen molar-refractivity contribution in [2.75, 3.05) is 6.61 Å². The Morgan fingerprint density at radius 3 is 2.22 bits per heavy atom. The molecule has 0 fully saturated rings. The number of esters is 1. The van der Waals surface area contributed by atoms with Gasteiger partial charge in [0.25, 0.3) is 5.67 Å². The smallest absolute Gasteiger partial charge is 0.358 e. The van der Waals surface area contributed by atoms with Gasteiger partial charge >= 0.3 is 5.97 Å². The minimum Gasteiger partial charge on any atom is -0.463 e. The number of unbranched alkanes of at least 4 members (excludes halogenated alkanes) is 6. The van der Waals surface area contributed by atoms with Crippen molar-refractivity contribution in [3.05, 3.63) is 0 Å². The molecule has 0 rings (SSSR count). The summed E-state index contributed by atoms with van der Waals surface area (Å²) in [6.07, 6.45) is 7.15. The first-order valence-corrected chi connectivity index (χ1v) is 6.88. The molecule has 0 aromatic heterocycles. The fraction of sp³-hybridized carbons (Fsp3) is 0.857. The minimum absolute atomic E-state index is 0.0594. The van der Waals surface area contributed by atoms with Crippen LogP contribution in [0.2, 0.25) is 0 Å². The van der Waals surface area contributed by atoms with Gasteiger partial charge in [0.1, 0.15) is 6.07 Å². The molecule has 0 saturated heterocycles. The lowest BCUT2D eigenvalue weighted by Crippen LogP contribution is -2.34. The fourth-order valence-electron chi connectivity index (χ4n) is 1.77. The van der Waals surface area contributed by atoms with E-state index < -0.39 is 11.6 Å². The maximum Gasteiger partial charge on any atom is 0.358 e. The van der Waals surface area contributed by atoms with Crippen molar-refractivity contribution in [3.8, 4) is 6.07 Å². The van der Waals surface area contributed by atoms with Crippen LogP contribution in [0.25, 0.3) is 0 Å². The standard InChI is InChI=1S/C14H24FNO2/c1-3-5-6-7-8-9-10-11-14(15,12-16)13(17)18-4-2/h3-11H2,1-2H3/t14-/m1/s1. The molecule has 0 aromatic rings. The summed E-state index contributed by atoms with van der Waals surface area (Å²) < 4.78 is 18.5. The van der Waals surface area contributed by atoms with Gasteiger partial charge in [0.05, 0.1) is 6.61 Å². The number of nitrogens with zero attached hydrogens (tertiary/aromatic N) is 1. The zero-order valence-corrected chi connectivity index (χ0v) is 11.5. The monoisotopic (exact) mass is 257 g/mol. The molecule has 3 nitrogen and oxygen atoms in total. The van der Waals surface area contributed by atoms with E-state index in [4.69, 9.17) is 5.26 Å². The van der Waals surface area contributed by atoms with Gasteiger partial charge in [-0.05, 0) is 13.3 Å². The van der Waals surface area contributed by atoms with E-state index in [0.717, 1.165) is 19.3 Å². The number of hydrogen-bond acceptors (Lipinski definition) is 3. The lowest BCUT2D eigenvalue weighted by atomic mass is 9.98. The van der Waals surface area contributed by atoms with Gasteiger partial charge in [-0.15, -0.1) is 0 Å². The zero-order valence-electron chi connectivity index (χ0n) is 11.5. The number of nitriles is 1. The summed E-state index contributed by atoms with van der Waals surface area (Å²) in [6, 6.07) is 1.43. The third kappa shape index (κ3) is 6.58. The number of rotatable bonds is 10. The summed E-state index contributed by atoms with van der Waals surface area (Å²) in [6.45, 7) is 3.86. The van der Waals surface area contributed by atoms with Crippen LogP contribution in [0.15, 0.2) is 0 Å². The lowest BCUT2D eigenvalue weighted by molar-refractivity contribution is -0.153. The van der Waals surface area contributed by atoms with Crippen LogP contribution in [0.5, 0.6) is 0 Å². The molecule has 0 radical (unpaired) electrons. The molecule has 4 heteroatoms. The average Bonchev–Trinajstić information content (AvgIpc) is 2.37. The van der Waals surface area contributed by atoms with Crippen LogP contribution in [0.4, 0.5) is 4.39 Å². The van der Waals surface area contributed by atoms with E-state index in [2.05, 4.69) is 11.7 Å². The van der Waals surface area contributed by atoms with E-state index in [1.54, 1.807) is 6.92 Å². The quantitative estimate of drug-likeness (QED) is 0.440. The Kier molecular flexibility index (Phi) is 9.26. The van der Waals surface area contributed by atoms with Gasteiger partial charge in [-0.1, -0.05) is 45.4 Å². The van der Waals surface area contributed by atoms with Crippen molar-refractivity contribution in [1.82, 2.24) is 0 Å². The van der Waals surface area contributed by atoms with Gasteiger partial charge in [-0.25, -0.2) is 9.18 Å². The second kappa shape index (κ2) is 9.87. The molecule has 0 amide bonds. The van der Waals surface area contributed by atoms with Crippen molar-refractivity contribution in [2.24, 2.45) is 0 Å². The second-order valence-corrected chi connectivity index (χ2v) is 4.50. The number of halogens is 1. The molecule has 104 valence electrons. The van der Waals surface area contributed by atoms with Gasteiger partial charge in [0.2, 0.25) is 0 Å². The van der Waals surface area contributed by atoms with Crippen molar-refractivity contribution in [3.63, 3.8) is 0 Å². The van der Waals surface area contributed by atoms with Crippen LogP contribution in [0, 0.1) is 11.3 Å². The van der Waals surface area contributed by atoms with Crippen molar-refractivity contribution in [1.29, 1.82) is 5.26 Å². The molecule has 0 N–H and O–H groups in total. The summed E-state index contributed by atoms with van der Waals surface area (Å²) in [5.74, 6) is -1.04.